The minimum absolute atomic E-state index is 0.00321. The lowest BCUT2D eigenvalue weighted by Gasteiger charge is -2.39. The van der Waals surface area contributed by atoms with Gasteiger partial charge in [-0.2, -0.15) is 0 Å². The second-order valence-corrected chi connectivity index (χ2v) is 7.56. The van der Waals surface area contributed by atoms with Gasteiger partial charge in [-0.25, -0.2) is 4.39 Å². The number of piperidine rings is 1. The predicted octanol–water partition coefficient (Wildman–Crippen LogP) is 3.08. The molecule has 1 aromatic heterocycles. The van der Waals surface area contributed by atoms with E-state index in [4.69, 9.17) is 9.15 Å². The maximum atomic E-state index is 14.2. The number of likely N-dealkylation sites (tertiary alicyclic amines) is 2. The lowest BCUT2D eigenvalue weighted by Crippen LogP contribution is -2.50. The summed E-state index contributed by atoms with van der Waals surface area (Å²) in [6.07, 6.45) is 5.11. The first-order valence-electron chi connectivity index (χ1n) is 9.46. The Hall–Kier alpha value is -2.83. The summed E-state index contributed by atoms with van der Waals surface area (Å²) in [7, 11) is 1.53. The van der Waals surface area contributed by atoms with Crippen molar-refractivity contribution in [3.63, 3.8) is 0 Å². The first kappa shape index (κ1) is 18.5. The Morgan fingerprint density at radius 2 is 2.14 bits per heavy atom. The number of carbonyl (C=O) groups is 2. The number of halogens is 1. The van der Waals surface area contributed by atoms with Crippen LogP contribution in [0.1, 0.15) is 35.2 Å². The van der Waals surface area contributed by atoms with Gasteiger partial charge >= 0.3 is 0 Å². The van der Waals surface area contributed by atoms with Crippen molar-refractivity contribution in [1.29, 1.82) is 0 Å². The average molecular weight is 386 g/mol. The minimum atomic E-state index is -0.576. The Bertz CT molecular complexity index is 883. The number of hydrogen-bond donors (Lipinski definition) is 0. The predicted molar refractivity (Wildman–Crippen MR) is 99.3 cm³/mol. The van der Waals surface area contributed by atoms with Crippen LogP contribution in [-0.2, 0) is 11.3 Å². The van der Waals surface area contributed by atoms with Crippen molar-refractivity contribution in [2.24, 2.45) is 5.41 Å². The molecule has 148 valence electrons. The van der Waals surface area contributed by atoms with Crippen molar-refractivity contribution in [2.45, 2.75) is 25.8 Å². The summed E-state index contributed by atoms with van der Waals surface area (Å²) in [5.74, 6) is 0.0996. The number of nitrogens with zero attached hydrogens (tertiary/aromatic N) is 2. The Labute approximate surface area is 162 Å². The molecule has 2 aliphatic heterocycles. The molecule has 6 nitrogen and oxygen atoms in total. The summed E-state index contributed by atoms with van der Waals surface area (Å²) >= 11 is 0. The zero-order valence-corrected chi connectivity index (χ0v) is 15.8. The van der Waals surface area contributed by atoms with Gasteiger partial charge in [0.25, 0.3) is 5.91 Å². The molecule has 0 aliphatic carbocycles. The van der Waals surface area contributed by atoms with Crippen molar-refractivity contribution >= 4 is 11.8 Å². The number of hydrogen-bond acceptors (Lipinski definition) is 4. The third-order valence-electron chi connectivity index (χ3n) is 5.85. The molecule has 0 radical (unpaired) electrons. The molecule has 4 rings (SSSR count). The maximum Gasteiger partial charge on any atom is 0.257 e. The third-order valence-corrected chi connectivity index (χ3v) is 5.85. The molecular weight excluding hydrogens is 363 g/mol. The Kier molecular flexibility index (Phi) is 4.83. The highest BCUT2D eigenvalue weighted by Gasteiger charge is 2.49. The van der Waals surface area contributed by atoms with E-state index in [1.54, 1.807) is 28.0 Å². The van der Waals surface area contributed by atoms with E-state index in [1.165, 1.54) is 25.7 Å². The molecule has 0 unspecified atom stereocenters. The molecule has 1 aromatic carbocycles. The van der Waals surface area contributed by atoms with E-state index in [2.05, 4.69) is 0 Å². The van der Waals surface area contributed by atoms with E-state index >= 15 is 0 Å². The molecular formula is C21H23FN2O4. The molecule has 28 heavy (non-hydrogen) atoms. The van der Waals surface area contributed by atoms with Gasteiger partial charge in [0.15, 0.2) is 0 Å². The molecule has 2 aliphatic rings. The van der Waals surface area contributed by atoms with Gasteiger partial charge in [0.05, 0.1) is 24.4 Å². The van der Waals surface area contributed by atoms with Crippen LogP contribution in [0.15, 0.2) is 41.2 Å². The highest BCUT2D eigenvalue weighted by molar-refractivity contribution is 5.95. The van der Waals surface area contributed by atoms with Gasteiger partial charge in [-0.15, -0.1) is 0 Å². The zero-order valence-electron chi connectivity index (χ0n) is 15.8. The van der Waals surface area contributed by atoms with Crippen molar-refractivity contribution < 1.29 is 23.1 Å². The summed E-state index contributed by atoms with van der Waals surface area (Å²) in [5, 5.41) is 0. The van der Waals surface area contributed by atoms with Crippen LogP contribution in [0.25, 0.3) is 0 Å². The van der Waals surface area contributed by atoms with Crippen LogP contribution in [0, 0.1) is 11.2 Å². The monoisotopic (exact) mass is 386 g/mol. The Morgan fingerprint density at radius 1 is 1.29 bits per heavy atom. The molecule has 0 saturated carbocycles. The highest BCUT2D eigenvalue weighted by atomic mass is 19.1. The molecule has 1 spiro atoms. The van der Waals surface area contributed by atoms with Crippen molar-refractivity contribution in [2.75, 3.05) is 26.7 Å². The standard InChI is InChI=1S/C21H23FN2O4/c1-27-17-3-4-18(22)16(11-17)12-23-8-2-6-21(20(23)26)7-9-24(14-21)19(25)15-5-10-28-13-15/h3-5,10-11,13H,2,6-9,12,14H2,1H3/t21-/m0/s1. The first-order valence-corrected chi connectivity index (χ1v) is 9.46. The molecule has 3 heterocycles. The molecule has 2 fully saturated rings. The van der Waals surface area contributed by atoms with Crippen LogP contribution < -0.4 is 4.74 Å². The van der Waals surface area contributed by atoms with E-state index in [0.29, 0.717) is 42.9 Å². The summed E-state index contributed by atoms with van der Waals surface area (Å²) in [6, 6.07) is 6.19. The normalized spacial score (nSPS) is 22.1. The molecule has 2 amide bonds. The fourth-order valence-corrected chi connectivity index (χ4v) is 4.30. The van der Waals surface area contributed by atoms with Gasteiger partial charge in [-0.3, -0.25) is 9.59 Å². The maximum absolute atomic E-state index is 14.2. The summed E-state index contributed by atoms with van der Waals surface area (Å²) in [5.41, 5.74) is 0.359. The van der Waals surface area contributed by atoms with Crippen molar-refractivity contribution in [3.8, 4) is 5.75 Å². The fraction of sp³-hybridized carbons (Fsp3) is 0.429. The van der Waals surface area contributed by atoms with Gasteiger partial charge in [0.2, 0.25) is 5.91 Å². The lowest BCUT2D eigenvalue weighted by atomic mass is 9.78. The number of carbonyl (C=O) groups excluding carboxylic acids is 2. The molecule has 7 heteroatoms. The van der Waals surface area contributed by atoms with Crippen molar-refractivity contribution in [1.82, 2.24) is 9.80 Å². The fourth-order valence-electron chi connectivity index (χ4n) is 4.30. The molecule has 1 atom stereocenters. The second-order valence-electron chi connectivity index (χ2n) is 7.56. The SMILES string of the molecule is COc1ccc(F)c(CN2CCC[C@@]3(CCN(C(=O)c4ccoc4)C3)C2=O)c1. The smallest absolute Gasteiger partial charge is 0.257 e. The number of rotatable bonds is 4. The number of amides is 2. The van der Waals surface area contributed by atoms with Crippen LogP contribution in [0.2, 0.25) is 0 Å². The zero-order chi connectivity index (χ0) is 19.7. The van der Waals surface area contributed by atoms with Crippen LogP contribution in [-0.4, -0.2) is 48.4 Å². The van der Waals surface area contributed by atoms with E-state index < -0.39 is 5.41 Å². The molecule has 0 N–H and O–H groups in total. The summed E-state index contributed by atoms with van der Waals surface area (Å²) in [4.78, 5) is 29.3. The van der Waals surface area contributed by atoms with Gasteiger partial charge in [0, 0.05) is 31.7 Å². The van der Waals surface area contributed by atoms with Crippen LogP contribution >= 0.6 is 0 Å². The van der Waals surface area contributed by atoms with Crippen LogP contribution in [0.3, 0.4) is 0 Å². The van der Waals surface area contributed by atoms with Crippen LogP contribution in [0.5, 0.6) is 5.75 Å². The topological polar surface area (TPSA) is 63.0 Å². The highest BCUT2D eigenvalue weighted by Crippen LogP contribution is 2.41. The second kappa shape index (κ2) is 7.30. The minimum Gasteiger partial charge on any atom is -0.497 e. The summed E-state index contributed by atoms with van der Waals surface area (Å²) in [6.45, 7) is 1.73. The van der Waals surface area contributed by atoms with Crippen LogP contribution in [0.4, 0.5) is 4.39 Å². The number of ether oxygens (including phenoxy) is 1. The quantitative estimate of drug-likeness (QED) is 0.810. The molecule has 0 bridgehead atoms. The number of benzene rings is 1. The number of furan rings is 1. The average Bonchev–Trinajstić information content (AvgIpc) is 3.38. The first-order chi connectivity index (χ1) is 13.5. The largest absolute Gasteiger partial charge is 0.497 e. The van der Waals surface area contributed by atoms with E-state index in [-0.39, 0.29) is 24.2 Å². The molecule has 2 aromatic rings. The van der Waals surface area contributed by atoms with Gasteiger partial charge in [0.1, 0.15) is 17.8 Å². The lowest BCUT2D eigenvalue weighted by molar-refractivity contribution is -0.146. The van der Waals surface area contributed by atoms with E-state index in [0.717, 1.165) is 12.8 Å². The third kappa shape index (κ3) is 3.25. The summed E-state index contributed by atoms with van der Waals surface area (Å²) < 4.78 is 24.4. The van der Waals surface area contributed by atoms with E-state index in [9.17, 15) is 14.0 Å². The van der Waals surface area contributed by atoms with Gasteiger partial charge in [-0.05, 0) is 43.5 Å². The van der Waals surface area contributed by atoms with Gasteiger partial charge < -0.3 is 19.0 Å². The van der Waals surface area contributed by atoms with Crippen molar-refractivity contribution in [3.05, 3.63) is 53.7 Å². The Balaban J connectivity index is 1.50. The van der Waals surface area contributed by atoms with Gasteiger partial charge in [-0.1, -0.05) is 0 Å². The number of methoxy groups -OCH3 is 1. The molecule has 2 saturated heterocycles. The Morgan fingerprint density at radius 3 is 2.89 bits per heavy atom. The van der Waals surface area contributed by atoms with E-state index in [1.807, 2.05) is 0 Å².